The number of rotatable bonds is 4. The van der Waals surface area contributed by atoms with Crippen molar-refractivity contribution >= 4 is 0 Å². The normalized spacial score (nSPS) is 24.1. The molecule has 0 bridgehead atoms. The van der Waals surface area contributed by atoms with Crippen LogP contribution in [-0.2, 0) is 11.2 Å². The molecule has 5 rings (SSSR count). The van der Waals surface area contributed by atoms with Crippen LogP contribution in [-0.4, -0.2) is 19.3 Å². The number of methoxy groups -OCH3 is 2. The molecule has 3 aromatic rings. The summed E-state index contributed by atoms with van der Waals surface area (Å²) < 4.78 is 31.9. The Morgan fingerprint density at radius 3 is 2.41 bits per heavy atom. The first-order valence-electron chi connectivity index (χ1n) is 11.4. The van der Waals surface area contributed by atoms with Crippen molar-refractivity contribution in [3.05, 3.63) is 88.7 Å². The molecule has 0 spiro atoms. The molecular weight excluding hydrogens is 433 g/mol. The highest BCUT2D eigenvalue weighted by atomic mass is 19.1. The van der Waals surface area contributed by atoms with Gasteiger partial charge in [0.05, 0.1) is 31.4 Å². The zero-order chi connectivity index (χ0) is 24.5. The molecule has 1 fully saturated rings. The summed E-state index contributed by atoms with van der Waals surface area (Å²) in [6.45, 7) is 4.00. The lowest BCUT2D eigenvalue weighted by Crippen LogP contribution is -2.48. The zero-order valence-electron chi connectivity index (χ0n) is 19.8. The van der Waals surface area contributed by atoms with Gasteiger partial charge in [0.25, 0.3) is 0 Å². The van der Waals surface area contributed by atoms with Crippen molar-refractivity contribution in [2.45, 2.75) is 43.8 Å². The van der Waals surface area contributed by atoms with Crippen LogP contribution in [0.25, 0.3) is 0 Å². The number of fused-ring (bicyclic) bond motifs is 3. The maximum atomic E-state index is 14.2. The summed E-state index contributed by atoms with van der Waals surface area (Å²) in [5, 5.41) is 21.5. The first-order valence-corrected chi connectivity index (χ1v) is 11.4. The number of nitriles is 1. The van der Waals surface area contributed by atoms with Crippen molar-refractivity contribution in [2.24, 2.45) is 0 Å². The maximum Gasteiger partial charge on any atom is 0.174 e. The van der Waals surface area contributed by atoms with E-state index in [1.165, 1.54) is 12.1 Å². The summed E-state index contributed by atoms with van der Waals surface area (Å²) in [5.74, 6) is 0.801. The lowest BCUT2D eigenvalue weighted by molar-refractivity contribution is -0.106. The van der Waals surface area contributed by atoms with Crippen LogP contribution in [0.4, 0.5) is 4.39 Å². The molecule has 1 aliphatic carbocycles. The van der Waals surface area contributed by atoms with Crippen LogP contribution in [0, 0.1) is 17.1 Å². The molecule has 0 aromatic heterocycles. The Labute approximate surface area is 199 Å². The molecule has 34 heavy (non-hydrogen) atoms. The highest BCUT2D eigenvalue weighted by molar-refractivity contribution is 5.61. The van der Waals surface area contributed by atoms with Crippen LogP contribution >= 0.6 is 0 Å². The topological polar surface area (TPSA) is 71.7 Å². The maximum absolute atomic E-state index is 14.2. The Morgan fingerprint density at radius 2 is 1.79 bits per heavy atom. The average molecular weight is 462 g/mol. The van der Waals surface area contributed by atoms with Crippen LogP contribution in [0.5, 0.6) is 17.2 Å². The fourth-order valence-electron chi connectivity index (χ4n) is 5.42. The second-order valence-corrected chi connectivity index (χ2v) is 8.24. The summed E-state index contributed by atoms with van der Waals surface area (Å²) >= 11 is 0. The first kappa shape index (κ1) is 23.6. The third kappa shape index (κ3) is 3.31. The highest BCUT2D eigenvalue weighted by Gasteiger charge is 2.69. The average Bonchev–Trinajstić information content (AvgIpc) is 3.31. The first-order chi connectivity index (χ1) is 16.5. The van der Waals surface area contributed by atoms with Crippen LogP contribution in [0.1, 0.15) is 54.9 Å². The van der Waals surface area contributed by atoms with Gasteiger partial charge < -0.3 is 19.3 Å². The molecule has 1 N–H and O–H groups in total. The fourth-order valence-corrected chi connectivity index (χ4v) is 5.42. The van der Waals surface area contributed by atoms with Gasteiger partial charge in [-0.3, -0.25) is 0 Å². The smallest absolute Gasteiger partial charge is 0.174 e. The van der Waals surface area contributed by atoms with E-state index >= 15 is 0 Å². The summed E-state index contributed by atoms with van der Waals surface area (Å²) in [7, 11) is 3.09. The Balaban J connectivity index is 0.00000133. The van der Waals surface area contributed by atoms with Gasteiger partial charge >= 0.3 is 0 Å². The van der Waals surface area contributed by atoms with Gasteiger partial charge in [0.15, 0.2) is 5.60 Å². The second-order valence-electron chi connectivity index (χ2n) is 8.24. The minimum absolute atomic E-state index is 0.334. The van der Waals surface area contributed by atoms with E-state index in [4.69, 9.17) is 14.2 Å². The molecule has 6 heteroatoms. The van der Waals surface area contributed by atoms with E-state index in [0.717, 1.165) is 5.56 Å². The molecular formula is C28H28FNO4. The minimum Gasteiger partial charge on any atom is -0.496 e. The van der Waals surface area contributed by atoms with Crippen molar-refractivity contribution in [3.8, 4) is 23.3 Å². The van der Waals surface area contributed by atoms with Gasteiger partial charge in [-0.1, -0.05) is 38.1 Å². The number of hydrogen-bond donors (Lipinski definition) is 1. The summed E-state index contributed by atoms with van der Waals surface area (Å²) in [5.41, 5.74) is -0.137. The van der Waals surface area contributed by atoms with Crippen molar-refractivity contribution in [1.29, 1.82) is 5.26 Å². The van der Waals surface area contributed by atoms with Gasteiger partial charge in [0, 0.05) is 18.1 Å². The van der Waals surface area contributed by atoms with Crippen molar-refractivity contribution in [3.63, 3.8) is 0 Å². The number of nitrogens with zero attached hydrogens (tertiary/aromatic N) is 1. The van der Waals surface area contributed by atoms with E-state index in [0.29, 0.717) is 46.8 Å². The molecule has 1 saturated carbocycles. The summed E-state index contributed by atoms with van der Waals surface area (Å²) in [4.78, 5) is 0. The largest absolute Gasteiger partial charge is 0.496 e. The highest BCUT2D eigenvalue weighted by Crippen LogP contribution is 2.68. The van der Waals surface area contributed by atoms with Gasteiger partial charge in [-0.25, -0.2) is 4.39 Å². The summed E-state index contributed by atoms with van der Waals surface area (Å²) in [6, 6.07) is 19.0. The third-order valence-corrected chi connectivity index (χ3v) is 6.77. The molecule has 5 nitrogen and oxygen atoms in total. The molecule has 176 valence electrons. The molecule has 0 radical (unpaired) electrons. The van der Waals surface area contributed by atoms with Gasteiger partial charge in [-0.2, -0.15) is 5.26 Å². The van der Waals surface area contributed by atoms with Gasteiger partial charge in [-0.15, -0.1) is 0 Å². The number of hydrogen-bond acceptors (Lipinski definition) is 5. The third-order valence-electron chi connectivity index (χ3n) is 6.77. The molecule has 1 heterocycles. The number of aliphatic hydroxyl groups is 1. The number of halogens is 1. The van der Waals surface area contributed by atoms with Crippen molar-refractivity contribution in [2.75, 3.05) is 14.2 Å². The van der Waals surface area contributed by atoms with Crippen LogP contribution < -0.4 is 14.2 Å². The summed E-state index contributed by atoms with van der Waals surface area (Å²) in [6.07, 6.45) is 0.971. The molecule has 0 unspecified atom stereocenters. The molecule has 0 amide bonds. The zero-order valence-corrected chi connectivity index (χ0v) is 19.8. The second kappa shape index (κ2) is 9.00. The fraction of sp³-hybridized carbons (Fsp3) is 0.321. The monoisotopic (exact) mass is 461 g/mol. The molecule has 0 saturated heterocycles. The molecule has 2 aliphatic rings. The van der Waals surface area contributed by atoms with E-state index in [1.807, 2.05) is 19.9 Å². The Bertz CT molecular complexity index is 1240. The lowest BCUT2D eigenvalue weighted by atomic mass is 9.71. The number of benzene rings is 3. The minimum atomic E-state index is -1.43. The molecule has 3 atom stereocenters. The van der Waals surface area contributed by atoms with E-state index in [1.54, 1.807) is 56.7 Å². The van der Waals surface area contributed by atoms with Crippen molar-refractivity contribution in [1.82, 2.24) is 0 Å². The molecule has 3 aromatic carbocycles. The van der Waals surface area contributed by atoms with E-state index in [-0.39, 0.29) is 11.7 Å². The van der Waals surface area contributed by atoms with Crippen LogP contribution in [0.15, 0.2) is 60.7 Å². The lowest BCUT2D eigenvalue weighted by Gasteiger charge is -2.40. The van der Waals surface area contributed by atoms with E-state index in [2.05, 4.69) is 6.07 Å². The van der Waals surface area contributed by atoms with Crippen LogP contribution in [0.2, 0.25) is 0 Å². The van der Waals surface area contributed by atoms with Crippen LogP contribution in [0.3, 0.4) is 0 Å². The molecule has 1 aliphatic heterocycles. The van der Waals surface area contributed by atoms with Crippen molar-refractivity contribution < 1.29 is 23.7 Å². The quantitative estimate of drug-likeness (QED) is 0.532. The Morgan fingerprint density at radius 1 is 1.06 bits per heavy atom. The van der Waals surface area contributed by atoms with Gasteiger partial charge in [-0.05, 0) is 48.2 Å². The SMILES string of the molecule is CC.COc1cc(OC)c2c(c1)O[C@@]1(c3ccc(C#N)cc3)[C@H](c3cccc(F)c3)CC[C@@]21O. The standard InChI is InChI=1S/C26H22FNO4.C2H6/c1-30-20-13-22(31-2)24-23(14-20)32-26(18-8-6-16(15-28)7-9-18)21(10-11-25(24,26)29)17-4-3-5-19(27)12-17;1-2/h3-9,12-14,21,29H,10-11H2,1-2H3;1-2H3/t21-,25+,26-;/m0./s1. The predicted octanol–water partition coefficient (Wildman–Crippen LogP) is 5.79. The van der Waals surface area contributed by atoms with Gasteiger partial charge in [0.1, 0.15) is 28.7 Å². The number of ether oxygens (including phenoxy) is 3. The van der Waals surface area contributed by atoms with E-state index < -0.39 is 11.2 Å². The predicted molar refractivity (Wildman–Crippen MR) is 127 cm³/mol. The Kier molecular flexibility index (Phi) is 6.24. The van der Waals surface area contributed by atoms with Gasteiger partial charge in [0.2, 0.25) is 0 Å². The Hall–Kier alpha value is -3.56. The van der Waals surface area contributed by atoms with E-state index in [9.17, 15) is 14.8 Å².